The first kappa shape index (κ1) is 18.7. The lowest BCUT2D eigenvalue weighted by Gasteiger charge is -2.15. The number of halogens is 1. The number of rotatable bonds is 4. The number of nitrogens with zero attached hydrogens (tertiary/aromatic N) is 5. The molecule has 2 aliphatic rings. The van der Waals surface area contributed by atoms with Crippen molar-refractivity contribution in [2.75, 3.05) is 13.2 Å². The molecule has 2 saturated heterocycles. The van der Waals surface area contributed by atoms with Crippen molar-refractivity contribution in [3.63, 3.8) is 0 Å². The number of hydrogen-bond donors (Lipinski definition) is 2. The van der Waals surface area contributed by atoms with Crippen LogP contribution >= 0.6 is 11.6 Å². The second-order valence-corrected chi connectivity index (χ2v) is 7.81. The predicted molar refractivity (Wildman–Crippen MR) is 109 cm³/mol. The first-order chi connectivity index (χ1) is 15.2. The van der Waals surface area contributed by atoms with Gasteiger partial charge in [0, 0.05) is 24.2 Å². The SMILES string of the molecule is O[C@@H]1CO[C@H]2[C@@H]1OC[C@H]2Oc1nc2nc(-c3ccc(-n4cccn4)nc3)c(Cl)cc2[nH]1. The number of ether oxygens (including phenoxy) is 3. The van der Waals surface area contributed by atoms with Crippen LogP contribution in [0, 0.1) is 0 Å². The van der Waals surface area contributed by atoms with Gasteiger partial charge in [-0.25, -0.2) is 14.6 Å². The van der Waals surface area contributed by atoms with Gasteiger partial charge in [0.15, 0.2) is 17.6 Å². The van der Waals surface area contributed by atoms with E-state index in [4.69, 9.17) is 25.8 Å². The molecule has 0 amide bonds. The molecule has 4 aromatic rings. The van der Waals surface area contributed by atoms with E-state index in [0.29, 0.717) is 40.3 Å². The van der Waals surface area contributed by atoms with E-state index in [9.17, 15) is 5.11 Å². The molecule has 6 rings (SSSR count). The maximum absolute atomic E-state index is 9.87. The van der Waals surface area contributed by atoms with E-state index in [1.807, 2.05) is 24.4 Å². The van der Waals surface area contributed by atoms with Gasteiger partial charge in [-0.05, 0) is 24.3 Å². The van der Waals surface area contributed by atoms with Crippen LogP contribution in [0.4, 0.5) is 0 Å². The molecule has 11 heteroatoms. The maximum atomic E-state index is 9.87. The van der Waals surface area contributed by atoms with Gasteiger partial charge >= 0.3 is 0 Å². The van der Waals surface area contributed by atoms with Crippen molar-refractivity contribution < 1.29 is 19.3 Å². The van der Waals surface area contributed by atoms with Crippen LogP contribution in [0.3, 0.4) is 0 Å². The smallest absolute Gasteiger partial charge is 0.296 e. The fourth-order valence-electron chi connectivity index (χ4n) is 3.91. The molecular weight excluding hydrogens is 424 g/mol. The monoisotopic (exact) mass is 440 g/mol. The Morgan fingerprint density at radius 2 is 2.10 bits per heavy atom. The van der Waals surface area contributed by atoms with E-state index in [2.05, 4.69) is 25.0 Å². The highest BCUT2D eigenvalue weighted by atomic mass is 35.5. The molecular formula is C20H17ClN6O4. The standard InChI is InChI=1S/C20H17ClN6O4/c21-11-6-12-19(25-16(11)10-2-3-15(22-7-10)27-5-1-4-23-27)26-20(24-12)31-14-9-30-17-13(28)8-29-18(14)17/h1-7,13-14,17-18,28H,8-9H2,(H,24,25,26)/t13-,14-,17-,18-/m1/s1. The zero-order valence-electron chi connectivity index (χ0n) is 16.1. The topological polar surface area (TPSA) is 120 Å². The summed E-state index contributed by atoms with van der Waals surface area (Å²) in [5, 5.41) is 14.5. The fraction of sp³-hybridized carbons (Fsp3) is 0.300. The van der Waals surface area contributed by atoms with Gasteiger partial charge in [-0.3, -0.25) is 0 Å². The average Bonchev–Trinajstić information content (AvgIpc) is 3.55. The van der Waals surface area contributed by atoms with Crippen LogP contribution in [0.2, 0.25) is 5.02 Å². The molecule has 4 aromatic heterocycles. The molecule has 0 aromatic carbocycles. The Hall–Kier alpha value is -3.05. The summed E-state index contributed by atoms with van der Waals surface area (Å²) in [5.74, 6) is 0.692. The van der Waals surface area contributed by atoms with Gasteiger partial charge in [0.25, 0.3) is 6.01 Å². The van der Waals surface area contributed by atoms with Crippen molar-refractivity contribution in [1.29, 1.82) is 0 Å². The molecule has 6 heterocycles. The van der Waals surface area contributed by atoms with Crippen molar-refractivity contribution in [2.24, 2.45) is 0 Å². The summed E-state index contributed by atoms with van der Waals surface area (Å²) in [6.45, 7) is 0.556. The number of nitrogens with one attached hydrogen (secondary N) is 1. The van der Waals surface area contributed by atoms with Crippen LogP contribution in [0.1, 0.15) is 0 Å². The summed E-state index contributed by atoms with van der Waals surface area (Å²) in [4.78, 5) is 16.5. The van der Waals surface area contributed by atoms with Gasteiger partial charge in [-0.15, -0.1) is 0 Å². The van der Waals surface area contributed by atoms with E-state index < -0.39 is 6.10 Å². The Morgan fingerprint density at radius 1 is 1.19 bits per heavy atom. The van der Waals surface area contributed by atoms with Crippen molar-refractivity contribution >= 4 is 22.8 Å². The molecule has 158 valence electrons. The lowest BCUT2D eigenvalue weighted by molar-refractivity contribution is 0.00706. The number of aromatic nitrogens is 6. The minimum atomic E-state index is -0.634. The molecule has 2 aliphatic heterocycles. The number of pyridine rings is 2. The van der Waals surface area contributed by atoms with Crippen LogP contribution in [-0.2, 0) is 9.47 Å². The Balaban J connectivity index is 1.27. The Labute approximate surface area is 180 Å². The maximum Gasteiger partial charge on any atom is 0.296 e. The highest BCUT2D eigenvalue weighted by molar-refractivity contribution is 6.33. The lowest BCUT2D eigenvalue weighted by Crippen LogP contribution is -2.34. The number of H-pyrrole nitrogens is 1. The molecule has 31 heavy (non-hydrogen) atoms. The fourth-order valence-corrected chi connectivity index (χ4v) is 4.17. The number of imidazole rings is 1. The van der Waals surface area contributed by atoms with Gasteiger partial charge in [-0.2, -0.15) is 10.1 Å². The first-order valence-corrected chi connectivity index (χ1v) is 10.1. The Morgan fingerprint density at radius 3 is 2.90 bits per heavy atom. The largest absolute Gasteiger partial charge is 0.456 e. The summed E-state index contributed by atoms with van der Waals surface area (Å²) in [5.41, 5.74) is 2.44. The lowest BCUT2D eigenvalue weighted by atomic mass is 10.1. The van der Waals surface area contributed by atoms with E-state index in [0.717, 1.165) is 5.56 Å². The third kappa shape index (κ3) is 3.24. The van der Waals surface area contributed by atoms with Crippen LogP contribution in [0.5, 0.6) is 6.01 Å². The van der Waals surface area contributed by atoms with Crippen molar-refractivity contribution in [3.8, 4) is 23.1 Å². The van der Waals surface area contributed by atoms with E-state index >= 15 is 0 Å². The molecule has 0 radical (unpaired) electrons. The van der Waals surface area contributed by atoms with Gasteiger partial charge in [0.05, 0.1) is 29.4 Å². The van der Waals surface area contributed by atoms with Crippen molar-refractivity contribution in [1.82, 2.24) is 29.7 Å². The van der Waals surface area contributed by atoms with E-state index in [1.165, 1.54) is 0 Å². The number of aliphatic hydroxyl groups excluding tert-OH is 1. The molecule has 4 atom stereocenters. The number of aliphatic hydroxyl groups is 1. The van der Waals surface area contributed by atoms with Crippen LogP contribution in [0.15, 0.2) is 42.9 Å². The molecule has 0 saturated carbocycles. The Bertz CT molecular complexity index is 1230. The summed E-state index contributed by atoms with van der Waals surface area (Å²) in [7, 11) is 0. The third-order valence-electron chi connectivity index (χ3n) is 5.41. The molecule has 0 spiro atoms. The van der Waals surface area contributed by atoms with Crippen LogP contribution in [-0.4, -0.2) is 72.5 Å². The van der Waals surface area contributed by atoms with E-state index in [1.54, 1.807) is 23.1 Å². The van der Waals surface area contributed by atoms with Gasteiger partial charge < -0.3 is 24.3 Å². The second kappa shape index (κ2) is 7.27. The van der Waals surface area contributed by atoms with Crippen molar-refractivity contribution in [2.45, 2.75) is 24.4 Å². The molecule has 10 nitrogen and oxygen atoms in total. The molecule has 0 unspecified atom stereocenters. The first-order valence-electron chi connectivity index (χ1n) is 9.76. The zero-order chi connectivity index (χ0) is 20.9. The van der Waals surface area contributed by atoms with Gasteiger partial charge in [0.1, 0.15) is 18.3 Å². The highest BCUT2D eigenvalue weighted by Gasteiger charge is 2.48. The zero-order valence-corrected chi connectivity index (χ0v) is 16.8. The quantitative estimate of drug-likeness (QED) is 0.492. The third-order valence-corrected chi connectivity index (χ3v) is 5.70. The minimum absolute atomic E-state index is 0.239. The number of fused-ring (bicyclic) bond motifs is 2. The molecule has 0 aliphatic carbocycles. The average molecular weight is 441 g/mol. The second-order valence-electron chi connectivity index (χ2n) is 7.41. The summed E-state index contributed by atoms with van der Waals surface area (Å²) in [6, 6.07) is 7.60. The van der Waals surface area contributed by atoms with E-state index in [-0.39, 0.29) is 24.9 Å². The molecule has 0 bridgehead atoms. The van der Waals surface area contributed by atoms with Crippen LogP contribution < -0.4 is 4.74 Å². The highest BCUT2D eigenvalue weighted by Crippen LogP contribution is 2.32. The summed E-state index contributed by atoms with van der Waals surface area (Å²) >= 11 is 6.48. The molecule has 2 fully saturated rings. The van der Waals surface area contributed by atoms with Crippen molar-refractivity contribution in [3.05, 3.63) is 47.9 Å². The number of hydrogen-bond acceptors (Lipinski definition) is 8. The van der Waals surface area contributed by atoms with Crippen LogP contribution in [0.25, 0.3) is 28.2 Å². The van der Waals surface area contributed by atoms with Gasteiger partial charge in [-0.1, -0.05) is 11.6 Å². The Kier molecular flexibility index (Phi) is 4.39. The summed E-state index contributed by atoms with van der Waals surface area (Å²) < 4.78 is 18.8. The normalized spacial score (nSPS) is 25.2. The summed E-state index contributed by atoms with van der Waals surface area (Å²) in [6.07, 6.45) is 3.51. The number of aromatic amines is 1. The van der Waals surface area contributed by atoms with Gasteiger partial charge in [0.2, 0.25) is 0 Å². The molecule has 2 N–H and O–H groups in total. The predicted octanol–water partition coefficient (Wildman–Crippen LogP) is 1.76. The minimum Gasteiger partial charge on any atom is -0.456 e.